The van der Waals surface area contributed by atoms with E-state index in [1.807, 2.05) is 0 Å². The van der Waals surface area contributed by atoms with Crippen molar-refractivity contribution in [2.24, 2.45) is 0 Å². The molecule has 1 aromatic heterocycles. The van der Waals surface area contributed by atoms with Gasteiger partial charge < -0.3 is 9.30 Å². The van der Waals surface area contributed by atoms with Gasteiger partial charge in [-0.2, -0.15) is 0 Å². The van der Waals surface area contributed by atoms with Crippen LogP contribution < -0.4 is 10.9 Å². The summed E-state index contributed by atoms with van der Waals surface area (Å²) in [5, 5.41) is 2.59. The Hall–Kier alpha value is -2.34. The van der Waals surface area contributed by atoms with E-state index in [-0.39, 0.29) is 5.02 Å². The maximum atomic E-state index is 13.2. The summed E-state index contributed by atoms with van der Waals surface area (Å²) in [5.41, 5.74) is 0.250. The minimum absolute atomic E-state index is 0.0289. The van der Waals surface area contributed by atoms with Crippen LogP contribution in [0.1, 0.15) is 27.7 Å². The fraction of sp³-hybridized carbons (Fsp3) is 0.333. The molecule has 1 amide bonds. The van der Waals surface area contributed by atoms with Crippen molar-refractivity contribution >= 4 is 23.4 Å². The first-order chi connectivity index (χ1) is 11.6. The number of benzene rings is 1. The summed E-state index contributed by atoms with van der Waals surface area (Å²) in [5.74, 6) is -0.398. The summed E-state index contributed by atoms with van der Waals surface area (Å²) in [7, 11) is 0. The van der Waals surface area contributed by atoms with Gasteiger partial charge in [-0.15, -0.1) is 0 Å². The third-order valence-electron chi connectivity index (χ3n) is 3.32. The third-order valence-corrected chi connectivity index (χ3v) is 3.59. The molecule has 0 aliphatic rings. The standard InChI is InChI=1S/C18H20ClFN2O3/c1-5-22-15(11-6-8-12(20)9-7-11)14(10-13(19)16(22)23)21-17(24)25-18(2,3)4/h6-10H,5H2,1-4H3,(H,21,24). The molecule has 1 heterocycles. The zero-order valence-electron chi connectivity index (χ0n) is 14.5. The van der Waals surface area contributed by atoms with Crippen LogP contribution in [0, 0.1) is 5.82 Å². The van der Waals surface area contributed by atoms with Gasteiger partial charge in [-0.05, 0) is 58.0 Å². The average molecular weight is 367 g/mol. The number of hydrogen-bond acceptors (Lipinski definition) is 3. The molecule has 7 heteroatoms. The second-order valence-electron chi connectivity index (χ2n) is 6.44. The van der Waals surface area contributed by atoms with E-state index in [2.05, 4.69) is 5.32 Å². The molecule has 0 bridgehead atoms. The highest BCUT2D eigenvalue weighted by Crippen LogP contribution is 2.29. The Morgan fingerprint density at radius 3 is 2.40 bits per heavy atom. The van der Waals surface area contributed by atoms with E-state index >= 15 is 0 Å². The molecule has 0 radical (unpaired) electrons. The lowest BCUT2D eigenvalue weighted by Crippen LogP contribution is -2.29. The van der Waals surface area contributed by atoms with Crippen LogP contribution in [0.15, 0.2) is 35.1 Å². The van der Waals surface area contributed by atoms with Crippen molar-refractivity contribution in [1.82, 2.24) is 4.57 Å². The molecule has 0 unspecified atom stereocenters. The van der Waals surface area contributed by atoms with Crippen LogP contribution in [0.3, 0.4) is 0 Å². The summed E-state index contributed by atoms with van der Waals surface area (Å²) in [6.07, 6.45) is -0.673. The van der Waals surface area contributed by atoms with Crippen LogP contribution in [0.5, 0.6) is 0 Å². The fourth-order valence-corrected chi connectivity index (χ4v) is 2.57. The SMILES string of the molecule is CCn1c(-c2ccc(F)cc2)c(NC(=O)OC(C)(C)C)cc(Cl)c1=O. The van der Waals surface area contributed by atoms with Crippen LogP contribution >= 0.6 is 11.6 Å². The molecule has 0 saturated carbocycles. The Morgan fingerprint density at radius 2 is 1.88 bits per heavy atom. The van der Waals surface area contributed by atoms with Gasteiger partial charge in [-0.25, -0.2) is 9.18 Å². The fourth-order valence-electron chi connectivity index (χ4n) is 2.36. The van der Waals surface area contributed by atoms with E-state index < -0.39 is 23.1 Å². The van der Waals surface area contributed by atoms with Crippen molar-refractivity contribution in [3.63, 3.8) is 0 Å². The van der Waals surface area contributed by atoms with Crippen molar-refractivity contribution in [2.75, 3.05) is 5.32 Å². The Bertz CT molecular complexity index is 839. The van der Waals surface area contributed by atoms with E-state index in [1.54, 1.807) is 27.7 Å². The Balaban J connectivity index is 2.58. The second-order valence-corrected chi connectivity index (χ2v) is 6.84. The normalized spacial score (nSPS) is 11.3. The van der Waals surface area contributed by atoms with Gasteiger partial charge in [0.1, 0.15) is 16.4 Å². The predicted molar refractivity (Wildman–Crippen MR) is 96.6 cm³/mol. The number of carbonyl (C=O) groups excluding carboxylic acids is 1. The number of ether oxygens (including phenoxy) is 1. The molecule has 5 nitrogen and oxygen atoms in total. The van der Waals surface area contributed by atoms with Gasteiger partial charge in [-0.3, -0.25) is 10.1 Å². The number of rotatable bonds is 3. The molecule has 2 aromatic rings. The van der Waals surface area contributed by atoms with Gasteiger partial charge in [0.05, 0.1) is 11.4 Å². The second kappa shape index (κ2) is 7.27. The minimum Gasteiger partial charge on any atom is -0.444 e. The van der Waals surface area contributed by atoms with Crippen LogP contribution in [0.4, 0.5) is 14.9 Å². The van der Waals surface area contributed by atoms with Gasteiger partial charge in [0, 0.05) is 12.1 Å². The van der Waals surface area contributed by atoms with E-state index in [0.29, 0.717) is 23.5 Å². The molecule has 25 heavy (non-hydrogen) atoms. The van der Waals surface area contributed by atoms with Crippen molar-refractivity contribution in [2.45, 2.75) is 39.8 Å². The quantitative estimate of drug-likeness (QED) is 0.858. The van der Waals surface area contributed by atoms with Crippen molar-refractivity contribution in [1.29, 1.82) is 0 Å². The van der Waals surface area contributed by atoms with Gasteiger partial charge in [-0.1, -0.05) is 11.6 Å². The molecule has 2 rings (SSSR count). The molecule has 0 aliphatic carbocycles. The molecular formula is C18H20ClFN2O3. The first-order valence-corrected chi connectivity index (χ1v) is 8.19. The third kappa shape index (κ3) is 4.60. The summed E-state index contributed by atoms with van der Waals surface area (Å²) in [6.45, 7) is 7.34. The number of carbonyl (C=O) groups is 1. The zero-order chi connectivity index (χ0) is 18.8. The van der Waals surface area contributed by atoms with Crippen LogP contribution in [-0.2, 0) is 11.3 Å². The first-order valence-electron chi connectivity index (χ1n) is 7.81. The van der Waals surface area contributed by atoms with Gasteiger partial charge in [0.25, 0.3) is 5.56 Å². The number of anilines is 1. The number of aromatic nitrogens is 1. The van der Waals surface area contributed by atoms with E-state index in [9.17, 15) is 14.0 Å². The lowest BCUT2D eigenvalue weighted by atomic mass is 10.1. The Kier molecular flexibility index (Phi) is 5.52. The van der Waals surface area contributed by atoms with Gasteiger partial charge >= 0.3 is 6.09 Å². The molecule has 1 aromatic carbocycles. The lowest BCUT2D eigenvalue weighted by molar-refractivity contribution is 0.0636. The van der Waals surface area contributed by atoms with E-state index in [0.717, 1.165) is 0 Å². The molecule has 0 spiro atoms. The molecule has 0 saturated heterocycles. The molecule has 0 atom stereocenters. The highest BCUT2D eigenvalue weighted by molar-refractivity contribution is 6.30. The maximum Gasteiger partial charge on any atom is 0.412 e. The molecule has 0 fully saturated rings. The smallest absolute Gasteiger partial charge is 0.412 e. The van der Waals surface area contributed by atoms with Gasteiger partial charge in [0.2, 0.25) is 0 Å². The minimum atomic E-state index is -0.677. The lowest BCUT2D eigenvalue weighted by Gasteiger charge is -2.22. The topological polar surface area (TPSA) is 60.3 Å². The Morgan fingerprint density at radius 1 is 1.28 bits per heavy atom. The van der Waals surface area contributed by atoms with Crippen LogP contribution in [0.25, 0.3) is 11.3 Å². The molecule has 134 valence electrons. The van der Waals surface area contributed by atoms with Gasteiger partial charge in [0.15, 0.2) is 0 Å². The van der Waals surface area contributed by atoms with Crippen LogP contribution in [-0.4, -0.2) is 16.3 Å². The summed E-state index contributed by atoms with van der Waals surface area (Å²) in [4.78, 5) is 24.5. The average Bonchev–Trinajstić information content (AvgIpc) is 2.49. The number of hydrogen-bond donors (Lipinski definition) is 1. The number of halogens is 2. The van der Waals surface area contributed by atoms with Crippen LogP contribution in [0.2, 0.25) is 5.02 Å². The summed E-state index contributed by atoms with van der Waals surface area (Å²) < 4.78 is 19.9. The highest BCUT2D eigenvalue weighted by atomic mass is 35.5. The highest BCUT2D eigenvalue weighted by Gasteiger charge is 2.20. The largest absolute Gasteiger partial charge is 0.444 e. The molecule has 0 aliphatic heterocycles. The van der Waals surface area contributed by atoms with Crippen molar-refractivity contribution in [3.8, 4) is 11.3 Å². The number of pyridine rings is 1. The summed E-state index contributed by atoms with van der Waals surface area (Å²) in [6, 6.07) is 7.00. The van der Waals surface area contributed by atoms with Crippen molar-refractivity contribution in [3.05, 3.63) is 51.5 Å². The van der Waals surface area contributed by atoms with E-state index in [1.165, 1.54) is 34.9 Å². The number of nitrogens with one attached hydrogen (secondary N) is 1. The maximum absolute atomic E-state index is 13.2. The molecular weight excluding hydrogens is 347 g/mol. The predicted octanol–water partition coefficient (Wildman–Crippen LogP) is 4.67. The number of amides is 1. The summed E-state index contributed by atoms with van der Waals surface area (Å²) >= 11 is 6.01. The molecule has 1 N–H and O–H groups in total. The van der Waals surface area contributed by atoms with Crippen molar-refractivity contribution < 1.29 is 13.9 Å². The Labute approximate surface area is 150 Å². The zero-order valence-corrected chi connectivity index (χ0v) is 15.3. The number of nitrogens with zero attached hydrogens (tertiary/aromatic N) is 1. The monoisotopic (exact) mass is 366 g/mol. The first kappa shape index (κ1) is 19.0. The van der Waals surface area contributed by atoms with E-state index in [4.69, 9.17) is 16.3 Å².